The Hall–Kier alpha value is -2.53. The van der Waals surface area contributed by atoms with Gasteiger partial charge < -0.3 is 24.2 Å². The Morgan fingerprint density at radius 3 is 2.62 bits per heavy atom. The van der Waals surface area contributed by atoms with Crippen LogP contribution < -0.4 is 14.8 Å². The van der Waals surface area contributed by atoms with Crippen LogP contribution in [0.3, 0.4) is 0 Å². The van der Waals surface area contributed by atoms with Gasteiger partial charge in [-0.3, -0.25) is 4.99 Å². The van der Waals surface area contributed by atoms with Gasteiger partial charge in [0.25, 0.3) is 0 Å². The molecule has 0 aliphatic carbocycles. The number of hydrogen-bond donors (Lipinski definition) is 1. The summed E-state index contributed by atoms with van der Waals surface area (Å²) in [5.41, 5.74) is 1.95. The predicted octanol–water partition coefficient (Wildman–Crippen LogP) is 4.28. The number of nitrogens with zero attached hydrogens (tertiary/aromatic N) is 4. The molecule has 0 aliphatic rings. The van der Waals surface area contributed by atoms with Gasteiger partial charge in [0.2, 0.25) is 11.7 Å². The first-order valence-electron chi connectivity index (χ1n) is 9.75. The summed E-state index contributed by atoms with van der Waals surface area (Å²) in [5, 5.41) is 7.89. The van der Waals surface area contributed by atoms with Gasteiger partial charge in [-0.2, -0.15) is 4.98 Å². The van der Waals surface area contributed by atoms with Gasteiger partial charge in [-0.25, -0.2) is 0 Å². The Morgan fingerprint density at radius 2 is 1.94 bits per heavy atom. The van der Waals surface area contributed by atoms with Gasteiger partial charge in [0.15, 0.2) is 17.5 Å². The van der Waals surface area contributed by atoms with Crippen LogP contribution in [0, 0.1) is 0 Å². The van der Waals surface area contributed by atoms with Crippen LogP contribution in [0.15, 0.2) is 52.0 Å². The Balaban J connectivity index is 0.00000363. The lowest BCUT2D eigenvalue weighted by molar-refractivity contribution is 0.354. The van der Waals surface area contributed by atoms with E-state index in [9.17, 15) is 0 Å². The fourth-order valence-corrected chi connectivity index (χ4v) is 3.24. The van der Waals surface area contributed by atoms with Crippen molar-refractivity contribution in [2.75, 3.05) is 34.9 Å². The first-order chi connectivity index (χ1) is 15.0. The first-order valence-corrected chi connectivity index (χ1v) is 10.1. The number of hydrogen-bond acceptors (Lipinski definition) is 6. The number of aliphatic imine (C=N–C) groups is 1. The minimum absolute atomic E-state index is 0. The number of likely N-dealkylation sites (N-methyl/N-ethyl adjacent to an activating group) is 1. The average Bonchev–Trinajstić information content (AvgIpc) is 3.27. The monoisotopic (exact) mass is 571 g/mol. The number of methoxy groups -OCH3 is 2. The number of ether oxygens (including phenoxy) is 2. The summed E-state index contributed by atoms with van der Waals surface area (Å²) >= 11 is 6.03. The second-order valence-electron chi connectivity index (χ2n) is 6.78. The minimum Gasteiger partial charge on any atom is -0.493 e. The molecule has 0 spiro atoms. The molecular weight excluding hydrogens is 545 g/mol. The van der Waals surface area contributed by atoms with Crippen LogP contribution >= 0.6 is 35.6 Å². The van der Waals surface area contributed by atoms with E-state index >= 15 is 0 Å². The lowest BCUT2D eigenvalue weighted by Gasteiger charge is -2.21. The van der Waals surface area contributed by atoms with Gasteiger partial charge in [0.05, 0.1) is 20.8 Å². The van der Waals surface area contributed by atoms with Gasteiger partial charge >= 0.3 is 0 Å². The van der Waals surface area contributed by atoms with Crippen LogP contribution in [0.25, 0.3) is 11.4 Å². The van der Waals surface area contributed by atoms with E-state index in [0.29, 0.717) is 29.0 Å². The lowest BCUT2D eigenvalue weighted by atomic mass is 10.1. The molecule has 10 heteroatoms. The topological polar surface area (TPSA) is 85.0 Å². The molecule has 0 amide bonds. The van der Waals surface area contributed by atoms with Crippen molar-refractivity contribution in [3.05, 3.63) is 58.9 Å². The van der Waals surface area contributed by atoms with Gasteiger partial charge in [-0.05, 0) is 36.2 Å². The SMILES string of the molecule is CN=C(NCc1nc(-c2cccc(Cl)c2)no1)N(C)CCc1ccc(OC)c(OC)c1.I. The molecule has 0 radical (unpaired) electrons. The molecule has 3 rings (SSSR count). The zero-order valence-electron chi connectivity index (χ0n) is 18.5. The summed E-state index contributed by atoms with van der Waals surface area (Å²) in [7, 11) is 6.97. The van der Waals surface area contributed by atoms with E-state index in [1.165, 1.54) is 0 Å². The third-order valence-corrected chi connectivity index (χ3v) is 4.94. The Kier molecular flexibility index (Phi) is 10.0. The molecular formula is C22H27ClIN5O3. The fraction of sp³-hybridized carbons (Fsp3) is 0.318. The molecule has 0 fully saturated rings. The molecule has 172 valence electrons. The first kappa shape index (κ1) is 25.7. The molecule has 0 bridgehead atoms. The maximum atomic E-state index is 6.03. The number of guanidine groups is 1. The highest BCUT2D eigenvalue weighted by Crippen LogP contribution is 2.27. The van der Waals surface area contributed by atoms with Crippen LogP contribution in [0.4, 0.5) is 0 Å². The van der Waals surface area contributed by atoms with Crippen LogP contribution in [-0.4, -0.2) is 55.9 Å². The summed E-state index contributed by atoms with van der Waals surface area (Å²) in [6, 6.07) is 13.3. The number of nitrogens with one attached hydrogen (secondary N) is 1. The van der Waals surface area contributed by atoms with Crippen molar-refractivity contribution in [3.63, 3.8) is 0 Å². The maximum absolute atomic E-state index is 6.03. The predicted molar refractivity (Wildman–Crippen MR) is 136 cm³/mol. The standard InChI is InChI=1S/C22H26ClN5O3.HI/c1-24-22(28(2)11-10-15-8-9-18(29-3)19(12-15)30-4)25-14-20-26-21(27-31-20)16-6-5-7-17(23)13-16;/h5-9,12-13H,10-11,14H2,1-4H3,(H,24,25);1H. The number of halogens is 2. The van der Waals surface area contributed by atoms with E-state index in [1.807, 2.05) is 42.3 Å². The molecule has 1 N–H and O–H groups in total. The molecule has 3 aromatic rings. The second-order valence-corrected chi connectivity index (χ2v) is 7.22. The Bertz CT molecular complexity index is 1040. The molecule has 1 aromatic heterocycles. The third-order valence-electron chi connectivity index (χ3n) is 4.71. The van der Waals surface area contributed by atoms with Gasteiger partial charge in [0.1, 0.15) is 0 Å². The molecule has 0 saturated heterocycles. The van der Waals surface area contributed by atoms with Crippen molar-refractivity contribution in [2.45, 2.75) is 13.0 Å². The van der Waals surface area contributed by atoms with Crippen LogP contribution in [0.1, 0.15) is 11.5 Å². The van der Waals surface area contributed by atoms with Crippen molar-refractivity contribution < 1.29 is 14.0 Å². The van der Waals surface area contributed by atoms with Crippen LogP contribution in [0.2, 0.25) is 5.02 Å². The molecule has 0 aliphatic heterocycles. The summed E-state index contributed by atoms with van der Waals surface area (Å²) in [6.45, 7) is 1.12. The van der Waals surface area contributed by atoms with E-state index in [2.05, 4.69) is 20.4 Å². The smallest absolute Gasteiger partial charge is 0.246 e. The second kappa shape index (κ2) is 12.5. The van der Waals surface area contributed by atoms with Crippen molar-refractivity contribution in [3.8, 4) is 22.9 Å². The molecule has 2 aromatic carbocycles. The fourth-order valence-electron chi connectivity index (χ4n) is 3.05. The highest BCUT2D eigenvalue weighted by molar-refractivity contribution is 14.0. The highest BCUT2D eigenvalue weighted by Gasteiger charge is 2.12. The Morgan fingerprint density at radius 1 is 1.16 bits per heavy atom. The van der Waals surface area contributed by atoms with Gasteiger partial charge in [-0.1, -0.05) is 35.0 Å². The summed E-state index contributed by atoms with van der Waals surface area (Å²) < 4.78 is 16.0. The molecule has 1 heterocycles. The van der Waals surface area contributed by atoms with E-state index < -0.39 is 0 Å². The van der Waals surface area contributed by atoms with Crippen LogP contribution in [-0.2, 0) is 13.0 Å². The highest BCUT2D eigenvalue weighted by atomic mass is 127. The third kappa shape index (κ3) is 6.73. The normalized spacial score (nSPS) is 11.0. The molecule has 0 atom stereocenters. The van der Waals surface area contributed by atoms with Gasteiger partial charge in [-0.15, -0.1) is 24.0 Å². The zero-order valence-corrected chi connectivity index (χ0v) is 21.5. The van der Waals surface area contributed by atoms with E-state index in [1.54, 1.807) is 33.4 Å². The van der Waals surface area contributed by atoms with E-state index in [4.69, 9.17) is 25.6 Å². The maximum Gasteiger partial charge on any atom is 0.246 e. The molecule has 32 heavy (non-hydrogen) atoms. The summed E-state index contributed by atoms with van der Waals surface area (Å²) in [5.74, 6) is 3.12. The van der Waals surface area contributed by atoms with Crippen molar-refractivity contribution in [1.82, 2.24) is 20.4 Å². The zero-order chi connectivity index (χ0) is 22.2. The number of aromatic nitrogens is 2. The van der Waals surface area contributed by atoms with E-state index in [0.717, 1.165) is 35.8 Å². The number of benzene rings is 2. The van der Waals surface area contributed by atoms with Crippen LogP contribution in [0.5, 0.6) is 11.5 Å². The van der Waals surface area contributed by atoms with Crippen molar-refractivity contribution >= 4 is 41.5 Å². The molecule has 0 unspecified atom stereocenters. The number of rotatable bonds is 8. The Labute approximate surface area is 210 Å². The molecule has 0 saturated carbocycles. The summed E-state index contributed by atoms with van der Waals surface area (Å²) in [6.07, 6.45) is 0.816. The quantitative estimate of drug-likeness (QED) is 0.246. The van der Waals surface area contributed by atoms with Crippen molar-refractivity contribution in [1.29, 1.82) is 0 Å². The van der Waals surface area contributed by atoms with E-state index in [-0.39, 0.29) is 24.0 Å². The average molecular weight is 572 g/mol. The summed E-state index contributed by atoms with van der Waals surface area (Å²) in [4.78, 5) is 10.8. The lowest BCUT2D eigenvalue weighted by Crippen LogP contribution is -2.39. The largest absolute Gasteiger partial charge is 0.493 e. The minimum atomic E-state index is 0. The van der Waals surface area contributed by atoms with Crippen molar-refractivity contribution in [2.24, 2.45) is 4.99 Å². The van der Waals surface area contributed by atoms with Gasteiger partial charge in [0, 0.05) is 31.2 Å². The molecule has 8 nitrogen and oxygen atoms in total.